The van der Waals surface area contributed by atoms with E-state index in [4.69, 9.17) is 9.47 Å². The summed E-state index contributed by atoms with van der Waals surface area (Å²) in [4.78, 5) is 18.4. The van der Waals surface area contributed by atoms with Crippen molar-refractivity contribution in [1.82, 2.24) is 20.5 Å². The third kappa shape index (κ3) is 5.87. The second-order valence-corrected chi connectivity index (χ2v) is 9.83. The molecular weight excluding hydrogens is 477 g/mol. The van der Waals surface area contributed by atoms with Crippen LogP contribution in [0, 0.1) is 6.92 Å². The zero-order chi connectivity index (χ0) is 23.6. The zero-order valence-electron chi connectivity index (χ0n) is 17.8. The molecule has 1 aliphatic rings. The standard InChI is InChI=1S/C21H21F3N4O3S2/c1-11-10-25-19(32-11)14-7-13(8-16(9-14)31-15-3-5-30-6-4-15)17(29)26-12(2)18-27-28-20(33-18)21(22,23)24/h7-10,12,15H,3-6H2,1-2H3,(H,26,29)/t12-/m1/s1. The predicted molar refractivity (Wildman–Crippen MR) is 118 cm³/mol. The number of nitrogens with zero attached hydrogens (tertiary/aromatic N) is 3. The van der Waals surface area contributed by atoms with E-state index in [0.717, 1.165) is 28.3 Å². The number of hydrogen-bond donors (Lipinski definition) is 1. The first-order chi connectivity index (χ1) is 15.7. The minimum atomic E-state index is -4.57. The highest BCUT2D eigenvalue weighted by molar-refractivity contribution is 7.15. The van der Waals surface area contributed by atoms with Crippen LogP contribution in [0.3, 0.4) is 0 Å². The van der Waals surface area contributed by atoms with Crippen LogP contribution >= 0.6 is 22.7 Å². The fourth-order valence-corrected chi connectivity index (χ4v) is 4.73. The fraction of sp³-hybridized carbons (Fsp3) is 0.429. The lowest BCUT2D eigenvalue weighted by Crippen LogP contribution is -2.27. The number of hydrogen-bond acceptors (Lipinski definition) is 8. The number of amides is 1. The summed E-state index contributed by atoms with van der Waals surface area (Å²) < 4.78 is 50.0. The van der Waals surface area contributed by atoms with Crippen LogP contribution in [0.1, 0.15) is 51.1 Å². The van der Waals surface area contributed by atoms with E-state index in [9.17, 15) is 18.0 Å². The van der Waals surface area contributed by atoms with E-state index in [1.165, 1.54) is 11.3 Å². The van der Waals surface area contributed by atoms with E-state index in [1.807, 2.05) is 13.0 Å². The first kappa shape index (κ1) is 23.6. The van der Waals surface area contributed by atoms with Crippen molar-refractivity contribution >= 4 is 28.6 Å². The van der Waals surface area contributed by atoms with Gasteiger partial charge in [-0.3, -0.25) is 4.79 Å². The van der Waals surface area contributed by atoms with Crippen molar-refractivity contribution in [2.75, 3.05) is 13.2 Å². The van der Waals surface area contributed by atoms with Crippen molar-refractivity contribution in [3.05, 3.63) is 44.9 Å². The molecule has 7 nitrogen and oxygen atoms in total. The van der Waals surface area contributed by atoms with Crippen molar-refractivity contribution in [1.29, 1.82) is 0 Å². The molecule has 0 spiro atoms. The molecule has 0 unspecified atom stereocenters. The Kier molecular flexibility index (Phi) is 6.96. The second-order valence-electron chi connectivity index (χ2n) is 7.59. The van der Waals surface area contributed by atoms with E-state index in [2.05, 4.69) is 20.5 Å². The van der Waals surface area contributed by atoms with Gasteiger partial charge in [0.2, 0.25) is 5.01 Å². The van der Waals surface area contributed by atoms with Crippen LogP contribution in [0.25, 0.3) is 10.6 Å². The van der Waals surface area contributed by atoms with Crippen molar-refractivity contribution in [3.63, 3.8) is 0 Å². The van der Waals surface area contributed by atoms with E-state index in [0.29, 0.717) is 35.9 Å². The summed E-state index contributed by atoms with van der Waals surface area (Å²) in [6.07, 6.45) is -1.35. The molecule has 2 aromatic heterocycles. The molecular formula is C21H21F3N4O3S2. The van der Waals surface area contributed by atoms with Gasteiger partial charge < -0.3 is 14.8 Å². The van der Waals surface area contributed by atoms with Gasteiger partial charge in [0.15, 0.2) is 0 Å². The summed E-state index contributed by atoms with van der Waals surface area (Å²) in [6, 6.07) is 4.41. The van der Waals surface area contributed by atoms with Crippen LogP contribution < -0.4 is 10.1 Å². The summed E-state index contributed by atoms with van der Waals surface area (Å²) in [7, 11) is 0. The van der Waals surface area contributed by atoms with Crippen molar-refractivity contribution in [3.8, 4) is 16.3 Å². The average Bonchev–Trinajstić information content (AvgIpc) is 3.44. The maximum absolute atomic E-state index is 13.0. The molecule has 1 atom stereocenters. The van der Waals surface area contributed by atoms with E-state index in [-0.39, 0.29) is 11.1 Å². The maximum atomic E-state index is 13.0. The number of benzene rings is 1. The molecule has 1 aromatic carbocycles. The average molecular weight is 499 g/mol. The Hall–Kier alpha value is -2.57. The molecule has 12 heteroatoms. The number of halogens is 3. The Labute approximate surface area is 196 Å². The molecule has 176 valence electrons. The van der Waals surface area contributed by atoms with Gasteiger partial charge in [-0.15, -0.1) is 21.5 Å². The van der Waals surface area contributed by atoms with E-state index in [1.54, 1.807) is 25.3 Å². The van der Waals surface area contributed by atoms with Gasteiger partial charge in [0.25, 0.3) is 5.91 Å². The molecule has 0 bridgehead atoms. The van der Waals surface area contributed by atoms with Crippen LogP contribution in [-0.4, -0.2) is 40.4 Å². The highest BCUT2D eigenvalue weighted by Crippen LogP contribution is 2.34. The Morgan fingerprint density at radius 1 is 1.21 bits per heavy atom. The van der Waals surface area contributed by atoms with E-state index < -0.39 is 23.1 Å². The minimum Gasteiger partial charge on any atom is -0.490 e. The molecule has 33 heavy (non-hydrogen) atoms. The number of ether oxygens (including phenoxy) is 2. The number of alkyl halides is 3. The minimum absolute atomic E-state index is 0.0240. The van der Waals surface area contributed by atoms with Gasteiger partial charge >= 0.3 is 6.18 Å². The largest absolute Gasteiger partial charge is 0.490 e. The molecule has 1 N–H and O–H groups in total. The Bertz CT molecular complexity index is 1130. The van der Waals surface area contributed by atoms with Crippen LogP contribution in [0.2, 0.25) is 0 Å². The topological polar surface area (TPSA) is 86.2 Å². The molecule has 0 aliphatic carbocycles. The first-order valence-corrected chi connectivity index (χ1v) is 11.9. The third-order valence-electron chi connectivity index (χ3n) is 4.91. The smallest absolute Gasteiger partial charge is 0.445 e. The number of aromatic nitrogens is 3. The number of carbonyl (C=O) groups excluding carboxylic acids is 1. The monoisotopic (exact) mass is 498 g/mol. The Morgan fingerprint density at radius 3 is 2.61 bits per heavy atom. The molecule has 1 amide bonds. The summed E-state index contributed by atoms with van der Waals surface area (Å²) in [5.41, 5.74) is 1.04. The summed E-state index contributed by atoms with van der Waals surface area (Å²) >= 11 is 1.90. The van der Waals surface area contributed by atoms with Gasteiger partial charge in [-0.25, -0.2) is 4.98 Å². The van der Waals surface area contributed by atoms with Gasteiger partial charge in [-0.05, 0) is 32.0 Å². The van der Waals surface area contributed by atoms with E-state index >= 15 is 0 Å². The second kappa shape index (κ2) is 9.74. The van der Waals surface area contributed by atoms with Crippen molar-refractivity contribution in [2.45, 2.75) is 45.0 Å². The highest BCUT2D eigenvalue weighted by atomic mass is 32.1. The zero-order valence-corrected chi connectivity index (χ0v) is 19.4. The van der Waals surface area contributed by atoms with Gasteiger partial charge in [0, 0.05) is 35.0 Å². The van der Waals surface area contributed by atoms with Crippen LogP contribution in [0.4, 0.5) is 13.2 Å². The Morgan fingerprint density at radius 2 is 1.97 bits per heavy atom. The van der Waals surface area contributed by atoms with Crippen LogP contribution in [0.5, 0.6) is 5.75 Å². The molecule has 1 saturated heterocycles. The normalized spacial score (nSPS) is 15.9. The summed E-state index contributed by atoms with van der Waals surface area (Å²) in [5.74, 6) is 0.0681. The fourth-order valence-electron chi connectivity index (χ4n) is 3.26. The summed E-state index contributed by atoms with van der Waals surface area (Å²) in [5, 5.41) is 9.22. The lowest BCUT2D eigenvalue weighted by molar-refractivity contribution is -0.138. The van der Waals surface area contributed by atoms with Crippen LogP contribution in [0.15, 0.2) is 24.4 Å². The van der Waals surface area contributed by atoms with Crippen molar-refractivity contribution < 1.29 is 27.4 Å². The first-order valence-electron chi connectivity index (χ1n) is 10.2. The Balaban J connectivity index is 1.57. The number of nitrogens with one attached hydrogen (secondary N) is 1. The van der Waals surface area contributed by atoms with Gasteiger partial charge in [0.05, 0.1) is 19.3 Å². The SMILES string of the molecule is Cc1cnc(-c2cc(OC3CCOCC3)cc(C(=O)N[C@H](C)c3nnc(C(F)(F)F)s3)c2)s1. The summed E-state index contributed by atoms with van der Waals surface area (Å²) in [6.45, 7) is 4.73. The number of carbonyl (C=O) groups is 1. The molecule has 0 radical (unpaired) electrons. The maximum Gasteiger partial charge on any atom is 0.445 e. The lowest BCUT2D eigenvalue weighted by atomic mass is 10.1. The quantitative estimate of drug-likeness (QED) is 0.513. The molecule has 0 saturated carbocycles. The van der Waals surface area contributed by atoms with Crippen LogP contribution in [-0.2, 0) is 10.9 Å². The molecule has 3 aromatic rings. The number of rotatable bonds is 6. The number of thiazole rings is 1. The molecule has 1 aliphatic heterocycles. The molecule has 3 heterocycles. The highest BCUT2D eigenvalue weighted by Gasteiger charge is 2.36. The molecule has 1 fully saturated rings. The third-order valence-corrected chi connectivity index (χ3v) is 7.02. The van der Waals surface area contributed by atoms with Gasteiger partial charge in [0.1, 0.15) is 21.9 Å². The van der Waals surface area contributed by atoms with Crippen molar-refractivity contribution in [2.24, 2.45) is 0 Å². The predicted octanol–water partition coefficient (Wildman–Crippen LogP) is 5.04. The van der Waals surface area contributed by atoms with Gasteiger partial charge in [-0.2, -0.15) is 13.2 Å². The lowest BCUT2D eigenvalue weighted by Gasteiger charge is -2.24. The number of aryl methyl sites for hydroxylation is 1. The van der Waals surface area contributed by atoms with Gasteiger partial charge in [-0.1, -0.05) is 11.3 Å². The molecule has 4 rings (SSSR count).